The van der Waals surface area contributed by atoms with Crippen molar-refractivity contribution in [3.63, 3.8) is 0 Å². The molecule has 2 atom stereocenters. The predicted molar refractivity (Wildman–Crippen MR) is 101 cm³/mol. The number of thioether (sulfide) groups is 1. The van der Waals surface area contributed by atoms with E-state index in [2.05, 4.69) is 21.7 Å². The maximum atomic E-state index is 11.6. The first kappa shape index (κ1) is 18.8. The number of aromatic nitrogens is 3. The molecular formula is C19H25N3O3S. The second kappa shape index (κ2) is 8.58. The van der Waals surface area contributed by atoms with Crippen LogP contribution in [0.1, 0.15) is 38.6 Å². The van der Waals surface area contributed by atoms with Gasteiger partial charge in [0.2, 0.25) is 0 Å². The van der Waals surface area contributed by atoms with Crippen LogP contribution in [0.3, 0.4) is 0 Å². The van der Waals surface area contributed by atoms with Crippen molar-refractivity contribution in [3.05, 3.63) is 24.3 Å². The van der Waals surface area contributed by atoms with Crippen LogP contribution < -0.4 is 4.74 Å². The van der Waals surface area contributed by atoms with Crippen molar-refractivity contribution in [3.8, 4) is 17.1 Å². The molecule has 1 aliphatic carbocycles. The lowest BCUT2D eigenvalue weighted by molar-refractivity contribution is -0.137. The van der Waals surface area contributed by atoms with Crippen LogP contribution in [0.2, 0.25) is 0 Å². The fourth-order valence-corrected chi connectivity index (χ4v) is 4.30. The lowest BCUT2D eigenvalue weighted by Crippen LogP contribution is -2.22. The maximum absolute atomic E-state index is 11.6. The van der Waals surface area contributed by atoms with Crippen LogP contribution in [0, 0.1) is 5.92 Å². The van der Waals surface area contributed by atoms with Crippen molar-refractivity contribution >= 4 is 17.7 Å². The zero-order valence-corrected chi connectivity index (χ0v) is 16.3. The number of rotatable bonds is 6. The van der Waals surface area contributed by atoms with Gasteiger partial charge in [-0.05, 0) is 43.0 Å². The Kier molecular flexibility index (Phi) is 6.19. The fourth-order valence-electron chi connectivity index (χ4n) is 3.47. The van der Waals surface area contributed by atoms with Gasteiger partial charge < -0.3 is 9.47 Å². The molecule has 3 rings (SSSR count). The van der Waals surface area contributed by atoms with Gasteiger partial charge in [-0.25, -0.2) is 0 Å². The number of hydrogen-bond acceptors (Lipinski definition) is 6. The lowest BCUT2D eigenvalue weighted by Gasteiger charge is -2.31. The summed E-state index contributed by atoms with van der Waals surface area (Å²) in [4.78, 5) is 11.6. The minimum atomic E-state index is -0.257. The minimum Gasteiger partial charge on any atom is -0.497 e. The molecule has 0 spiro atoms. The molecule has 1 saturated carbocycles. The fraction of sp³-hybridized carbons (Fsp3) is 0.526. The first-order chi connectivity index (χ1) is 12.6. The van der Waals surface area contributed by atoms with E-state index in [-0.39, 0.29) is 11.7 Å². The van der Waals surface area contributed by atoms with Gasteiger partial charge in [0.25, 0.3) is 0 Å². The van der Waals surface area contributed by atoms with Gasteiger partial charge in [-0.1, -0.05) is 31.5 Å². The monoisotopic (exact) mass is 375 g/mol. The van der Waals surface area contributed by atoms with Crippen LogP contribution in [0.4, 0.5) is 0 Å². The zero-order valence-electron chi connectivity index (χ0n) is 15.5. The third-order valence-corrected chi connectivity index (χ3v) is 5.87. The normalized spacial score (nSPS) is 20.0. The Balaban J connectivity index is 1.97. The summed E-state index contributed by atoms with van der Waals surface area (Å²) in [6, 6.07) is 8.21. The zero-order chi connectivity index (χ0) is 18.5. The molecule has 0 unspecified atom stereocenters. The summed E-state index contributed by atoms with van der Waals surface area (Å²) in [6.45, 7) is 2.29. The molecule has 1 aliphatic rings. The highest BCUT2D eigenvalue weighted by Gasteiger charge is 2.28. The summed E-state index contributed by atoms with van der Waals surface area (Å²) in [7, 11) is 3.06. The molecule has 140 valence electrons. The van der Waals surface area contributed by atoms with Gasteiger partial charge in [-0.2, -0.15) is 0 Å². The Morgan fingerprint density at radius 1 is 1.19 bits per heavy atom. The Morgan fingerprint density at radius 3 is 2.58 bits per heavy atom. The number of ether oxygens (including phenoxy) is 2. The van der Waals surface area contributed by atoms with Gasteiger partial charge >= 0.3 is 5.97 Å². The van der Waals surface area contributed by atoms with Gasteiger partial charge in [0.05, 0.1) is 20.0 Å². The van der Waals surface area contributed by atoms with Crippen LogP contribution in [0.5, 0.6) is 5.75 Å². The van der Waals surface area contributed by atoms with Crippen molar-refractivity contribution in [1.82, 2.24) is 14.8 Å². The molecule has 0 radical (unpaired) electrons. The van der Waals surface area contributed by atoms with Crippen molar-refractivity contribution < 1.29 is 14.3 Å². The molecule has 6 nitrogen and oxygen atoms in total. The van der Waals surface area contributed by atoms with Crippen molar-refractivity contribution in [2.75, 3.05) is 20.0 Å². The molecule has 0 aliphatic heterocycles. The first-order valence-corrected chi connectivity index (χ1v) is 9.91. The Bertz CT molecular complexity index is 745. The summed E-state index contributed by atoms with van der Waals surface area (Å²) in [5, 5.41) is 9.62. The molecule has 0 N–H and O–H groups in total. The van der Waals surface area contributed by atoms with Crippen LogP contribution in [-0.2, 0) is 9.53 Å². The van der Waals surface area contributed by atoms with E-state index in [0.717, 1.165) is 28.7 Å². The van der Waals surface area contributed by atoms with Crippen molar-refractivity contribution in [2.24, 2.45) is 5.92 Å². The third-order valence-electron chi connectivity index (χ3n) is 4.96. The number of hydrogen-bond donors (Lipinski definition) is 0. The summed E-state index contributed by atoms with van der Waals surface area (Å²) in [5.74, 6) is 2.18. The maximum Gasteiger partial charge on any atom is 0.316 e. The number of methoxy groups -OCH3 is 2. The third kappa shape index (κ3) is 4.03. The molecule has 1 aromatic carbocycles. The van der Waals surface area contributed by atoms with Crippen LogP contribution in [-0.4, -0.2) is 40.7 Å². The Morgan fingerprint density at radius 2 is 1.92 bits per heavy atom. The summed E-state index contributed by atoms with van der Waals surface area (Å²) >= 11 is 1.39. The van der Waals surface area contributed by atoms with E-state index >= 15 is 0 Å². The van der Waals surface area contributed by atoms with Crippen molar-refractivity contribution in [2.45, 2.75) is 43.8 Å². The molecule has 0 bridgehead atoms. The SMILES string of the molecule is COC(=O)CSc1nnc(-c2ccc(OC)cc2)n1[C@H]1CCCC[C@@H]1C. The van der Waals surface area contributed by atoms with E-state index < -0.39 is 0 Å². The quantitative estimate of drug-likeness (QED) is 0.562. The second-order valence-electron chi connectivity index (χ2n) is 6.60. The molecule has 1 heterocycles. The highest BCUT2D eigenvalue weighted by atomic mass is 32.2. The van der Waals surface area contributed by atoms with Gasteiger partial charge in [0.15, 0.2) is 11.0 Å². The largest absolute Gasteiger partial charge is 0.497 e. The van der Waals surface area contributed by atoms with Gasteiger partial charge in [0, 0.05) is 11.6 Å². The molecule has 7 heteroatoms. The molecule has 1 aromatic heterocycles. The van der Waals surface area contributed by atoms with Crippen LogP contribution in [0.25, 0.3) is 11.4 Å². The van der Waals surface area contributed by atoms with E-state index in [1.54, 1.807) is 7.11 Å². The van der Waals surface area contributed by atoms with Crippen LogP contribution >= 0.6 is 11.8 Å². The molecule has 1 fully saturated rings. The molecular weight excluding hydrogens is 350 g/mol. The number of carbonyl (C=O) groups is 1. The first-order valence-electron chi connectivity index (χ1n) is 8.93. The van der Waals surface area contributed by atoms with E-state index in [4.69, 9.17) is 9.47 Å². The summed E-state index contributed by atoms with van der Waals surface area (Å²) in [6.07, 6.45) is 4.78. The molecule has 0 amide bonds. The number of nitrogens with zero attached hydrogens (tertiary/aromatic N) is 3. The molecule has 2 aromatic rings. The predicted octanol–water partition coefficient (Wildman–Crippen LogP) is 3.97. The second-order valence-corrected chi connectivity index (χ2v) is 7.54. The average Bonchev–Trinajstić information content (AvgIpc) is 3.10. The highest BCUT2D eigenvalue weighted by Crippen LogP contribution is 2.39. The van der Waals surface area contributed by atoms with E-state index in [1.807, 2.05) is 24.3 Å². The van der Waals surface area contributed by atoms with E-state index in [9.17, 15) is 4.79 Å². The van der Waals surface area contributed by atoms with Gasteiger partial charge in [-0.15, -0.1) is 10.2 Å². The minimum absolute atomic E-state index is 0.234. The Labute approximate surface area is 158 Å². The summed E-state index contributed by atoms with van der Waals surface area (Å²) < 4.78 is 12.2. The molecule has 26 heavy (non-hydrogen) atoms. The average molecular weight is 375 g/mol. The number of benzene rings is 1. The Hall–Kier alpha value is -2.02. The van der Waals surface area contributed by atoms with Crippen LogP contribution in [0.15, 0.2) is 29.4 Å². The standard InChI is InChI=1S/C19H25N3O3S/c1-13-6-4-5-7-16(13)22-18(14-8-10-15(24-2)11-9-14)20-21-19(22)26-12-17(23)25-3/h8-11,13,16H,4-7,12H2,1-3H3/t13-,16-/m0/s1. The summed E-state index contributed by atoms with van der Waals surface area (Å²) in [5.41, 5.74) is 1.00. The smallest absolute Gasteiger partial charge is 0.316 e. The van der Waals surface area contributed by atoms with E-state index in [0.29, 0.717) is 12.0 Å². The number of carbonyl (C=O) groups excluding carboxylic acids is 1. The topological polar surface area (TPSA) is 66.2 Å². The molecule has 0 saturated heterocycles. The van der Waals surface area contributed by atoms with Gasteiger partial charge in [0.1, 0.15) is 5.75 Å². The number of esters is 1. The van der Waals surface area contributed by atoms with E-state index in [1.165, 1.54) is 38.1 Å². The van der Waals surface area contributed by atoms with Crippen molar-refractivity contribution in [1.29, 1.82) is 0 Å². The lowest BCUT2D eigenvalue weighted by atomic mass is 9.85. The highest BCUT2D eigenvalue weighted by molar-refractivity contribution is 7.99. The van der Waals surface area contributed by atoms with Gasteiger partial charge in [-0.3, -0.25) is 9.36 Å².